The van der Waals surface area contributed by atoms with Gasteiger partial charge < -0.3 is 5.11 Å². The van der Waals surface area contributed by atoms with Crippen LogP contribution in [-0.4, -0.2) is 35.1 Å². The van der Waals surface area contributed by atoms with Crippen LogP contribution < -0.4 is 0 Å². The number of nitrogens with zero attached hydrogens (tertiary/aromatic N) is 1. The van der Waals surface area contributed by atoms with Crippen molar-refractivity contribution in [3.05, 3.63) is 0 Å². The van der Waals surface area contributed by atoms with Crippen molar-refractivity contribution in [2.75, 3.05) is 13.1 Å². The maximum Gasteiger partial charge on any atom is 0.304 e. The van der Waals surface area contributed by atoms with Gasteiger partial charge in [0.2, 0.25) is 0 Å². The van der Waals surface area contributed by atoms with Crippen molar-refractivity contribution in [2.24, 2.45) is 0 Å². The number of unbranched alkanes of at least 4 members (excludes halogenated alkanes) is 1. The van der Waals surface area contributed by atoms with Crippen LogP contribution in [0.2, 0.25) is 0 Å². The zero-order valence-corrected chi connectivity index (χ0v) is 9.04. The van der Waals surface area contributed by atoms with E-state index in [0.29, 0.717) is 12.5 Å². The summed E-state index contributed by atoms with van der Waals surface area (Å²) in [6, 6.07) is 0.299. The predicted molar refractivity (Wildman–Crippen MR) is 56.4 cm³/mol. The summed E-state index contributed by atoms with van der Waals surface area (Å²) in [5.41, 5.74) is 0. The van der Waals surface area contributed by atoms with E-state index in [1.165, 1.54) is 25.7 Å². The summed E-state index contributed by atoms with van der Waals surface area (Å²) in [7, 11) is 0. The summed E-state index contributed by atoms with van der Waals surface area (Å²) in [6.45, 7) is 4.35. The molecule has 0 aromatic heterocycles. The minimum absolute atomic E-state index is 0.299. The second-order valence-corrected chi connectivity index (χ2v) is 4.14. The maximum atomic E-state index is 10.7. The van der Waals surface area contributed by atoms with Crippen LogP contribution >= 0.6 is 0 Å². The zero-order chi connectivity index (χ0) is 10.4. The van der Waals surface area contributed by atoms with Crippen molar-refractivity contribution < 1.29 is 9.90 Å². The van der Waals surface area contributed by atoms with Crippen LogP contribution in [0.15, 0.2) is 0 Å². The summed E-state index contributed by atoms with van der Waals surface area (Å²) >= 11 is 0. The summed E-state index contributed by atoms with van der Waals surface area (Å²) in [6.07, 6.45) is 6.20. The fourth-order valence-corrected chi connectivity index (χ4v) is 2.15. The van der Waals surface area contributed by atoms with Crippen LogP contribution in [0.3, 0.4) is 0 Å². The van der Waals surface area contributed by atoms with E-state index in [2.05, 4.69) is 11.8 Å². The number of carbonyl (C=O) groups is 1. The number of hydrogen-bond acceptors (Lipinski definition) is 2. The van der Waals surface area contributed by atoms with Crippen LogP contribution in [0.5, 0.6) is 0 Å². The summed E-state index contributed by atoms with van der Waals surface area (Å²) in [4.78, 5) is 13.0. The number of carboxylic acid groups (broad SMARTS) is 1. The van der Waals surface area contributed by atoms with Gasteiger partial charge in [-0.05, 0) is 32.4 Å². The highest BCUT2D eigenvalue weighted by Crippen LogP contribution is 2.19. The molecule has 1 rings (SSSR count). The second-order valence-electron chi connectivity index (χ2n) is 4.14. The van der Waals surface area contributed by atoms with Gasteiger partial charge in [-0.3, -0.25) is 9.69 Å². The highest BCUT2D eigenvalue weighted by atomic mass is 16.4. The minimum Gasteiger partial charge on any atom is -0.481 e. The molecule has 0 amide bonds. The molecule has 3 heteroatoms. The summed E-state index contributed by atoms with van der Waals surface area (Å²) in [5, 5.41) is 8.78. The third-order valence-electron chi connectivity index (χ3n) is 2.96. The van der Waals surface area contributed by atoms with Gasteiger partial charge in [0.1, 0.15) is 0 Å². The van der Waals surface area contributed by atoms with Gasteiger partial charge in [-0.15, -0.1) is 0 Å². The largest absolute Gasteiger partial charge is 0.481 e. The van der Waals surface area contributed by atoms with Crippen molar-refractivity contribution in [3.8, 4) is 0 Å². The van der Waals surface area contributed by atoms with E-state index in [-0.39, 0.29) is 0 Å². The lowest BCUT2D eigenvalue weighted by atomic mass is 9.99. The van der Waals surface area contributed by atoms with Gasteiger partial charge in [0, 0.05) is 6.04 Å². The molecule has 1 unspecified atom stereocenters. The minimum atomic E-state index is -0.654. The quantitative estimate of drug-likeness (QED) is 0.737. The lowest BCUT2D eigenvalue weighted by Crippen LogP contribution is -2.41. The number of hydrogen-bond donors (Lipinski definition) is 1. The molecule has 1 aliphatic rings. The number of carboxylic acids is 1. The molecule has 82 valence electrons. The Morgan fingerprint density at radius 2 is 2.29 bits per heavy atom. The highest BCUT2D eigenvalue weighted by molar-refractivity contribution is 5.67. The Bertz CT molecular complexity index is 182. The average Bonchev–Trinajstić information content (AvgIpc) is 2.16. The van der Waals surface area contributed by atoms with Crippen molar-refractivity contribution in [3.63, 3.8) is 0 Å². The van der Waals surface area contributed by atoms with Crippen LogP contribution in [-0.2, 0) is 4.79 Å². The third-order valence-corrected chi connectivity index (χ3v) is 2.96. The van der Waals surface area contributed by atoms with Crippen LogP contribution in [0.25, 0.3) is 0 Å². The van der Waals surface area contributed by atoms with Crippen molar-refractivity contribution in [2.45, 2.75) is 51.5 Å². The van der Waals surface area contributed by atoms with E-state index < -0.39 is 5.97 Å². The zero-order valence-electron chi connectivity index (χ0n) is 9.04. The lowest BCUT2D eigenvalue weighted by Gasteiger charge is -2.34. The molecule has 1 aliphatic heterocycles. The van der Waals surface area contributed by atoms with Crippen LogP contribution in [0.1, 0.15) is 45.4 Å². The molecule has 1 N–H and O–H groups in total. The number of likely N-dealkylation sites (tertiary alicyclic amines) is 1. The molecule has 3 nitrogen and oxygen atoms in total. The molecule has 14 heavy (non-hydrogen) atoms. The SMILES string of the molecule is CCCCN1CCCCC1CC(=O)O. The molecule has 0 saturated carbocycles. The average molecular weight is 199 g/mol. The molecular weight excluding hydrogens is 178 g/mol. The smallest absolute Gasteiger partial charge is 0.304 e. The molecule has 0 bridgehead atoms. The van der Waals surface area contributed by atoms with E-state index in [1.54, 1.807) is 0 Å². The normalized spacial score (nSPS) is 23.6. The van der Waals surface area contributed by atoms with Crippen molar-refractivity contribution >= 4 is 5.97 Å². The molecule has 0 aromatic carbocycles. The van der Waals surface area contributed by atoms with Gasteiger partial charge in [0.15, 0.2) is 0 Å². The Morgan fingerprint density at radius 3 is 2.93 bits per heavy atom. The number of aliphatic carboxylic acids is 1. The fraction of sp³-hybridized carbons (Fsp3) is 0.909. The molecular formula is C11H21NO2. The van der Waals surface area contributed by atoms with Gasteiger partial charge in [0.05, 0.1) is 6.42 Å². The Kier molecular flexibility index (Phi) is 4.94. The summed E-state index contributed by atoms with van der Waals surface area (Å²) < 4.78 is 0. The first-order chi connectivity index (χ1) is 6.74. The number of rotatable bonds is 5. The molecule has 1 atom stereocenters. The van der Waals surface area contributed by atoms with E-state index in [1.807, 2.05) is 0 Å². The van der Waals surface area contributed by atoms with E-state index >= 15 is 0 Å². The topological polar surface area (TPSA) is 40.5 Å². The monoisotopic (exact) mass is 199 g/mol. The first-order valence-electron chi connectivity index (χ1n) is 5.70. The molecule has 1 saturated heterocycles. The van der Waals surface area contributed by atoms with E-state index in [4.69, 9.17) is 5.11 Å². The fourth-order valence-electron chi connectivity index (χ4n) is 2.15. The first kappa shape index (κ1) is 11.5. The van der Waals surface area contributed by atoms with Gasteiger partial charge in [-0.1, -0.05) is 19.8 Å². The molecule has 0 aromatic rings. The predicted octanol–water partition coefficient (Wildman–Crippen LogP) is 2.12. The number of piperidine rings is 1. The second kappa shape index (κ2) is 6.02. The van der Waals surface area contributed by atoms with Crippen LogP contribution in [0.4, 0.5) is 0 Å². The van der Waals surface area contributed by atoms with Gasteiger partial charge in [0.25, 0.3) is 0 Å². The Hall–Kier alpha value is -0.570. The molecule has 0 spiro atoms. The maximum absolute atomic E-state index is 10.7. The van der Waals surface area contributed by atoms with Gasteiger partial charge in [-0.2, -0.15) is 0 Å². The Balaban J connectivity index is 2.37. The Morgan fingerprint density at radius 1 is 1.50 bits per heavy atom. The molecule has 1 fully saturated rings. The lowest BCUT2D eigenvalue weighted by molar-refractivity contribution is -0.138. The van der Waals surface area contributed by atoms with Gasteiger partial charge in [-0.25, -0.2) is 0 Å². The third kappa shape index (κ3) is 3.66. The molecule has 0 radical (unpaired) electrons. The van der Waals surface area contributed by atoms with Crippen molar-refractivity contribution in [1.29, 1.82) is 0 Å². The molecule has 1 heterocycles. The molecule has 0 aliphatic carbocycles. The van der Waals surface area contributed by atoms with E-state index in [0.717, 1.165) is 19.5 Å². The highest BCUT2D eigenvalue weighted by Gasteiger charge is 2.23. The summed E-state index contributed by atoms with van der Waals surface area (Å²) in [5.74, 6) is -0.654. The van der Waals surface area contributed by atoms with Gasteiger partial charge >= 0.3 is 5.97 Å². The Labute approximate surface area is 86.1 Å². The van der Waals surface area contributed by atoms with E-state index in [9.17, 15) is 4.79 Å². The van der Waals surface area contributed by atoms with Crippen LogP contribution in [0, 0.1) is 0 Å². The first-order valence-corrected chi connectivity index (χ1v) is 5.70. The van der Waals surface area contributed by atoms with Crippen molar-refractivity contribution in [1.82, 2.24) is 4.90 Å². The standard InChI is InChI=1S/C11H21NO2/c1-2-3-7-12-8-5-4-6-10(12)9-11(13)14/h10H,2-9H2,1H3,(H,13,14).